The van der Waals surface area contributed by atoms with Crippen molar-refractivity contribution in [3.8, 4) is 0 Å². The molecule has 0 N–H and O–H groups in total. The first-order chi connectivity index (χ1) is 17.9. The van der Waals surface area contributed by atoms with Crippen LogP contribution in [0.15, 0.2) is 21.2 Å². The third-order valence-corrected chi connectivity index (χ3v) is 13.1. The highest BCUT2D eigenvalue weighted by molar-refractivity contribution is 6.59. The van der Waals surface area contributed by atoms with E-state index in [-0.39, 0.29) is 33.4 Å². The lowest BCUT2D eigenvalue weighted by Gasteiger charge is -2.58. The van der Waals surface area contributed by atoms with E-state index in [1.54, 1.807) is 0 Å². The largest absolute Gasteiger partial charge is 0.462 e. The number of allylic oxidation sites excluding steroid dienone is 1. The Morgan fingerprint density at radius 2 is 1.76 bits per heavy atom. The molecule has 0 unspecified atom stereocenters. The van der Waals surface area contributed by atoms with Crippen LogP contribution in [0.2, 0.25) is 0 Å². The summed E-state index contributed by atoms with van der Waals surface area (Å²) in [7, 11) is 0. The summed E-state index contributed by atoms with van der Waals surface area (Å²) in [5.41, 5.74) is 2.29. The number of carbonyl (C=O) groups excluding carboxylic acids is 1. The second-order valence-corrected chi connectivity index (χ2v) is 15.6. The fraction of sp³-hybridized carbons (Fsp3) is 0.848. The first kappa shape index (κ1) is 30.8. The van der Waals surface area contributed by atoms with E-state index in [9.17, 15) is 4.79 Å². The van der Waals surface area contributed by atoms with Gasteiger partial charge in [-0.25, -0.2) is 0 Å². The molecule has 0 bridgehead atoms. The van der Waals surface area contributed by atoms with E-state index in [0.29, 0.717) is 5.41 Å². The summed E-state index contributed by atoms with van der Waals surface area (Å²) >= 11 is 17.4. The number of fused-ring (bicyclic) bond motifs is 5. The Balaban J connectivity index is 1.41. The molecule has 0 amide bonds. The fourth-order valence-corrected chi connectivity index (χ4v) is 10.1. The van der Waals surface area contributed by atoms with Crippen molar-refractivity contribution in [2.24, 2.45) is 52.3 Å². The van der Waals surface area contributed by atoms with Crippen LogP contribution < -0.4 is 0 Å². The number of hydrogen-bond donors (Lipinski definition) is 0. The average Bonchev–Trinajstić information content (AvgIpc) is 3.21. The molecule has 38 heavy (non-hydrogen) atoms. The zero-order valence-corrected chi connectivity index (χ0v) is 26.9. The van der Waals surface area contributed by atoms with Gasteiger partial charge in [-0.1, -0.05) is 101 Å². The minimum Gasteiger partial charge on any atom is -0.462 e. The van der Waals surface area contributed by atoms with Crippen LogP contribution in [0.1, 0.15) is 119 Å². The van der Waals surface area contributed by atoms with Gasteiger partial charge in [0.1, 0.15) is 10.6 Å². The Hall–Kier alpha value is -0.180. The van der Waals surface area contributed by atoms with Crippen LogP contribution in [-0.4, -0.2) is 12.1 Å². The fourth-order valence-electron chi connectivity index (χ4n) is 9.81. The van der Waals surface area contributed by atoms with Crippen molar-refractivity contribution in [3.63, 3.8) is 0 Å². The average molecular weight is 586 g/mol. The molecule has 0 aromatic rings. The maximum absolute atomic E-state index is 12.4. The first-order valence-corrected chi connectivity index (χ1v) is 16.6. The third kappa shape index (κ3) is 6.04. The summed E-state index contributed by atoms with van der Waals surface area (Å²) in [5.74, 6) is 5.50. The van der Waals surface area contributed by atoms with Crippen molar-refractivity contribution < 1.29 is 9.53 Å². The van der Waals surface area contributed by atoms with Crippen LogP contribution >= 0.6 is 34.8 Å². The van der Waals surface area contributed by atoms with Gasteiger partial charge < -0.3 is 4.74 Å². The summed E-state index contributed by atoms with van der Waals surface area (Å²) in [6, 6.07) is 0. The number of hydrogen-bond acceptors (Lipinski definition) is 2. The third-order valence-electron chi connectivity index (χ3n) is 12.1. The molecule has 216 valence electrons. The monoisotopic (exact) mass is 584 g/mol. The Labute approximate surface area is 247 Å². The Morgan fingerprint density at radius 3 is 2.42 bits per heavy atom. The van der Waals surface area contributed by atoms with Crippen molar-refractivity contribution in [1.82, 2.24) is 0 Å². The van der Waals surface area contributed by atoms with Gasteiger partial charge in [-0.15, -0.1) is 0 Å². The molecule has 0 heterocycles. The number of rotatable bonds is 9. The van der Waals surface area contributed by atoms with Crippen molar-refractivity contribution in [2.45, 2.75) is 125 Å². The summed E-state index contributed by atoms with van der Waals surface area (Å²) in [6.45, 7) is 14.9. The molecular weight excluding hydrogens is 535 g/mol. The Bertz CT molecular complexity index is 921. The zero-order chi connectivity index (χ0) is 27.8. The second-order valence-electron chi connectivity index (χ2n) is 14.2. The second kappa shape index (κ2) is 12.4. The molecule has 3 saturated carbocycles. The van der Waals surface area contributed by atoms with Crippen LogP contribution in [0.3, 0.4) is 0 Å². The smallest absolute Gasteiger partial charge is 0.311 e. The van der Waals surface area contributed by atoms with Gasteiger partial charge in [-0.2, -0.15) is 0 Å². The summed E-state index contributed by atoms with van der Waals surface area (Å²) in [4.78, 5) is 12.4. The lowest BCUT2D eigenvalue weighted by molar-refractivity contribution is -0.150. The maximum atomic E-state index is 12.4. The van der Waals surface area contributed by atoms with Gasteiger partial charge in [0.05, 0.1) is 11.5 Å². The lowest BCUT2D eigenvalue weighted by Crippen LogP contribution is -2.51. The maximum Gasteiger partial charge on any atom is 0.311 e. The molecule has 0 saturated heterocycles. The highest BCUT2D eigenvalue weighted by Gasteiger charge is 2.59. The predicted molar refractivity (Wildman–Crippen MR) is 161 cm³/mol. The van der Waals surface area contributed by atoms with Gasteiger partial charge in [-0.05, 0) is 104 Å². The van der Waals surface area contributed by atoms with Gasteiger partial charge in [0.15, 0.2) is 0 Å². The molecule has 4 aliphatic rings. The highest BCUT2D eigenvalue weighted by atomic mass is 35.5. The van der Waals surface area contributed by atoms with E-state index in [2.05, 4.69) is 47.6 Å². The van der Waals surface area contributed by atoms with E-state index in [1.807, 2.05) is 0 Å². The van der Waals surface area contributed by atoms with Crippen LogP contribution in [0, 0.1) is 52.3 Å². The molecule has 0 aromatic carbocycles. The zero-order valence-electron chi connectivity index (χ0n) is 24.6. The molecular formula is C33H51Cl3O2. The molecule has 0 aliphatic heterocycles. The molecule has 9 atom stereocenters. The minimum atomic E-state index is -0.338. The topological polar surface area (TPSA) is 26.3 Å². The van der Waals surface area contributed by atoms with Crippen LogP contribution in [0.5, 0.6) is 0 Å². The van der Waals surface area contributed by atoms with Crippen molar-refractivity contribution >= 4 is 40.8 Å². The molecule has 4 aliphatic carbocycles. The van der Waals surface area contributed by atoms with Gasteiger partial charge in [0, 0.05) is 6.42 Å². The van der Waals surface area contributed by atoms with Gasteiger partial charge >= 0.3 is 5.97 Å². The van der Waals surface area contributed by atoms with E-state index in [4.69, 9.17) is 39.5 Å². The number of carbonyl (C=O) groups is 1. The molecule has 5 heteroatoms. The molecule has 2 nitrogen and oxygen atoms in total. The van der Waals surface area contributed by atoms with Gasteiger partial charge in [0.2, 0.25) is 0 Å². The van der Waals surface area contributed by atoms with Crippen molar-refractivity contribution in [1.29, 1.82) is 0 Å². The molecule has 0 spiro atoms. The summed E-state index contributed by atoms with van der Waals surface area (Å²) < 4.78 is 5.75. The van der Waals surface area contributed by atoms with Crippen LogP contribution in [0.4, 0.5) is 0 Å². The lowest BCUT2D eigenvalue weighted by atomic mass is 9.47. The van der Waals surface area contributed by atoms with Crippen LogP contribution in [-0.2, 0) is 9.53 Å². The number of halogens is 3. The van der Waals surface area contributed by atoms with Crippen LogP contribution in [0.25, 0.3) is 0 Å². The van der Waals surface area contributed by atoms with E-state index in [1.165, 1.54) is 56.9 Å². The van der Waals surface area contributed by atoms with Crippen molar-refractivity contribution in [2.75, 3.05) is 0 Å². The van der Waals surface area contributed by atoms with E-state index < -0.39 is 0 Å². The normalized spacial score (nSPS) is 37.9. The quantitative estimate of drug-likeness (QED) is 0.199. The Kier molecular flexibility index (Phi) is 10.0. The molecule has 0 radical (unpaired) electrons. The predicted octanol–water partition coefficient (Wildman–Crippen LogP) is 10.9. The Morgan fingerprint density at radius 1 is 1.03 bits per heavy atom. The summed E-state index contributed by atoms with van der Waals surface area (Å²) in [5, 5.41) is 0.151. The molecule has 3 fully saturated rings. The number of ether oxygens (including phenoxy) is 1. The van der Waals surface area contributed by atoms with Gasteiger partial charge in [0.25, 0.3) is 0 Å². The first-order valence-electron chi connectivity index (χ1n) is 15.5. The van der Waals surface area contributed by atoms with E-state index >= 15 is 0 Å². The molecule has 4 rings (SSSR count). The standard InChI is InChI=1S/C33H51Cl3O2/c1-7-22(20(2)3)9-8-21(4)26-12-13-27-25-11-10-23-18-24(38-30(37)19-29(34)31(35)36)14-16-32(23,5)28(25)15-17-33(26,27)6/h10,20-22,24-28H,7-9,11-19H2,1-6H3/t21-,22+,24+,25+,26-,27-,28-,32+,33-/m1/s1. The molecule has 0 aromatic heterocycles. The summed E-state index contributed by atoms with van der Waals surface area (Å²) in [6.07, 6.45) is 16.2. The van der Waals surface area contributed by atoms with Gasteiger partial charge in [-0.3, -0.25) is 4.79 Å². The number of esters is 1. The minimum absolute atomic E-state index is 0.0577. The SMILES string of the molecule is CC[C@@H](CC[C@@H](C)[C@H]1CC[C@@H]2[C@@H]3CC=C4C[C@@H](OC(=O)CC(Cl)=C(Cl)Cl)CC[C@]4(C)[C@@H]3CC[C@@]21C)C(C)C. The highest BCUT2D eigenvalue weighted by Crippen LogP contribution is 2.67. The van der Waals surface area contributed by atoms with Crippen molar-refractivity contribution in [3.05, 3.63) is 21.2 Å². The van der Waals surface area contributed by atoms with E-state index in [0.717, 1.165) is 60.7 Å².